The summed E-state index contributed by atoms with van der Waals surface area (Å²) in [4.78, 5) is 14.9. The van der Waals surface area contributed by atoms with Crippen molar-refractivity contribution < 1.29 is 13.2 Å². The van der Waals surface area contributed by atoms with Gasteiger partial charge in [0.15, 0.2) is 0 Å². The molecule has 0 unspecified atom stereocenters. The predicted molar refractivity (Wildman–Crippen MR) is 111 cm³/mol. The number of anilines is 3. The van der Waals surface area contributed by atoms with E-state index in [9.17, 15) is 13.2 Å². The summed E-state index contributed by atoms with van der Waals surface area (Å²) in [5.41, 5.74) is 3.03. The minimum Gasteiger partial charge on any atom is -0.377 e. The van der Waals surface area contributed by atoms with Crippen molar-refractivity contribution in [3.8, 4) is 0 Å². The van der Waals surface area contributed by atoms with Gasteiger partial charge in [0.05, 0.1) is 16.3 Å². The molecule has 1 atom stereocenters. The van der Waals surface area contributed by atoms with Crippen LogP contribution in [0.15, 0.2) is 46.2 Å². The second-order valence-electron chi connectivity index (χ2n) is 6.84. The number of nitrogens with one attached hydrogen (secondary N) is 2. The molecule has 0 fully saturated rings. The number of sulfonamides is 1. The van der Waals surface area contributed by atoms with Crippen molar-refractivity contribution in [2.45, 2.75) is 35.3 Å². The molecule has 0 spiro atoms. The Morgan fingerprint density at radius 2 is 1.93 bits per heavy atom. The van der Waals surface area contributed by atoms with E-state index in [0.29, 0.717) is 17.8 Å². The van der Waals surface area contributed by atoms with Crippen molar-refractivity contribution in [3.63, 3.8) is 0 Å². The number of benzene rings is 2. The van der Waals surface area contributed by atoms with Crippen LogP contribution in [0.1, 0.15) is 18.9 Å². The highest BCUT2D eigenvalue weighted by molar-refractivity contribution is 8.00. The van der Waals surface area contributed by atoms with Gasteiger partial charge in [-0.25, -0.2) is 8.42 Å². The lowest BCUT2D eigenvalue weighted by Crippen LogP contribution is -2.16. The molecular formula is C19H23N3O3S2. The SMILES string of the molecule is Cc1ccc(NS(=O)(=O)c2ccc3c(c2)NC(=O)C[C@H](C)S3)cc1N(C)C. The Hall–Kier alpha value is -2.19. The van der Waals surface area contributed by atoms with Crippen LogP contribution < -0.4 is 14.9 Å². The van der Waals surface area contributed by atoms with Crippen LogP contribution in [0.3, 0.4) is 0 Å². The fraction of sp³-hybridized carbons (Fsp3) is 0.316. The molecule has 6 nitrogen and oxygen atoms in total. The molecule has 0 saturated heterocycles. The summed E-state index contributed by atoms with van der Waals surface area (Å²) < 4.78 is 28.3. The van der Waals surface area contributed by atoms with E-state index in [1.807, 2.05) is 38.9 Å². The van der Waals surface area contributed by atoms with Crippen LogP contribution in [0, 0.1) is 6.92 Å². The highest BCUT2D eigenvalue weighted by Gasteiger charge is 2.22. The zero-order valence-electron chi connectivity index (χ0n) is 15.7. The standard InChI is InChI=1S/C19H23N3O3S2/c1-12-5-6-14(10-17(12)22(3)4)21-27(24,25)15-7-8-18-16(11-15)20-19(23)9-13(2)26-18/h5-8,10-11,13,21H,9H2,1-4H3,(H,20,23)/t13-/m0/s1. The van der Waals surface area contributed by atoms with Crippen LogP contribution in [0.4, 0.5) is 17.1 Å². The van der Waals surface area contributed by atoms with Gasteiger partial charge in [0.2, 0.25) is 5.91 Å². The number of hydrogen-bond donors (Lipinski definition) is 2. The molecule has 0 aliphatic carbocycles. The first-order valence-electron chi connectivity index (χ1n) is 8.57. The molecule has 27 heavy (non-hydrogen) atoms. The minimum atomic E-state index is -3.77. The number of hydrogen-bond acceptors (Lipinski definition) is 5. The van der Waals surface area contributed by atoms with E-state index in [2.05, 4.69) is 10.0 Å². The number of fused-ring (bicyclic) bond motifs is 1. The first-order chi connectivity index (χ1) is 12.7. The minimum absolute atomic E-state index is 0.106. The van der Waals surface area contributed by atoms with E-state index in [-0.39, 0.29) is 16.1 Å². The lowest BCUT2D eigenvalue weighted by atomic mass is 10.2. The third-order valence-corrected chi connectivity index (χ3v) is 6.84. The number of rotatable bonds is 4. The highest BCUT2D eigenvalue weighted by atomic mass is 32.2. The third kappa shape index (κ3) is 4.39. The summed E-state index contributed by atoms with van der Waals surface area (Å²) in [6.45, 7) is 3.95. The maximum Gasteiger partial charge on any atom is 0.261 e. The molecule has 1 aliphatic rings. The molecule has 3 rings (SSSR count). The van der Waals surface area contributed by atoms with E-state index >= 15 is 0 Å². The maximum absolute atomic E-state index is 12.8. The van der Waals surface area contributed by atoms with Gasteiger partial charge in [0.1, 0.15) is 0 Å². The second kappa shape index (κ2) is 7.44. The van der Waals surface area contributed by atoms with E-state index in [0.717, 1.165) is 16.1 Å². The molecule has 8 heteroatoms. The number of amides is 1. The Morgan fingerprint density at radius 1 is 1.19 bits per heavy atom. The van der Waals surface area contributed by atoms with Gasteiger partial charge in [-0.3, -0.25) is 9.52 Å². The van der Waals surface area contributed by atoms with Crippen LogP contribution in [0.2, 0.25) is 0 Å². The van der Waals surface area contributed by atoms with Gasteiger partial charge >= 0.3 is 0 Å². The largest absolute Gasteiger partial charge is 0.377 e. The van der Waals surface area contributed by atoms with Gasteiger partial charge in [-0.1, -0.05) is 13.0 Å². The Bertz CT molecular complexity index is 988. The summed E-state index contributed by atoms with van der Waals surface area (Å²) >= 11 is 1.56. The summed E-state index contributed by atoms with van der Waals surface area (Å²) in [5.74, 6) is -0.106. The molecule has 144 valence electrons. The van der Waals surface area contributed by atoms with Crippen LogP contribution in [-0.4, -0.2) is 33.7 Å². The fourth-order valence-corrected chi connectivity index (χ4v) is 5.09. The van der Waals surface area contributed by atoms with Crippen LogP contribution in [0.5, 0.6) is 0 Å². The van der Waals surface area contributed by atoms with Gasteiger partial charge in [-0.15, -0.1) is 11.8 Å². The lowest BCUT2D eigenvalue weighted by Gasteiger charge is -2.18. The first-order valence-corrected chi connectivity index (χ1v) is 10.9. The van der Waals surface area contributed by atoms with E-state index in [1.54, 1.807) is 36.0 Å². The Morgan fingerprint density at radius 3 is 2.63 bits per heavy atom. The van der Waals surface area contributed by atoms with Crippen molar-refractivity contribution in [1.82, 2.24) is 0 Å². The number of aryl methyl sites for hydroxylation is 1. The molecule has 1 aliphatic heterocycles. The normalized spacial score (nSPS) is 16.9. The van der Waals surface area contributed by atoms with Gasteiger partial charge in [0.25, 0.3) is 10.0 Å². The molecule has 2 N–H and O–H groups in total. The molecule has 2 aromatic carbocycles. The average molecular weight is 406 g/mol. The Balaban J connectivity index is 1.92. The average Bonchev–Trinajstić information content (AvgIpc) is 2.71. The van der Waals surface area contributed by atoms with Gasteiger partial charge in [0, 0.05) is 36.3 Å². The summed E-state index contributed by atoms with van der Waals surface area (Å²) in [6, 6.07) is 10.2. The lowest BCUT2D eigenvalue weighted by molar-refractivity contribution is -0.116. The van der Waals surface area contributed by atoms with E-state index < -0.39 is 10.0 Å². The molecule has 1 amide bonds. The van der Waals surface area contributed by atoms with Gasteiger partial charge in [-0.2, -0.15) is 0 Å². The number of carbonyl (C=O) groups is 1. The van der Waals surface area contributed by atoms with Crippen LogP contribution >= 0.6 is 11.8 Å². The van der Waals surface area contributed by atoms with Crippen molar-refractivity contribution in [1.29, 1.82) is 0 Å². The molecule has 2 aromatic rings. The zero-order valence-corrected chi connectivity index (χ0v) is 17.4. The van der Waals surface area contributed by atoms with E-state index in [4.69, 9.17) is 0 Å². The summed E-state index contributed by atoms with van der Waals surface area (Å²) in [6.07, 6.45) is 0.399. The van der Waals surface area contributed by atoms with Crippen molar-refractivity contribution in [3.05, 3.63) is 42.0 Å². The fourth-order valence-electron chi connectivity index (χ4n) is 2.97. The summed E-state index contributed by atoms with van der Waals surface area (Å²) in [5, 5.41) is 2.94. The first kappa shape index (κ1) is 19.6. The van der Waals surface area contributed by atoms with Crippen molar-refractivity contribution >= 4 is 44.8 Å². The van der Waals surface area contributed by atoms with Crippen molar-refractivity contribution in [2.75, 3.05) is 29.0 Å². The van der Waals surface area contributed by atoms with Gasteiger partial charge in [-0.05, 0) is 42.8 Å². The molecule has 0 saturated carbocycles. The molecule has 0 aromatic heterocycles. The highest BCUT2D eigenvalue weighted by Crippen LogP contribution is 2.36. The smallest absolute Gasteiger partial charge is 0.261 e. The zero-order chi connectivity index (χ0) is 19.8. The number of carbonyl (C=O) groups excluding carboxylic acids is 1. The van der Waals surface area contributed by atoms with Crippen molar-refractivity contribution in [2.24, 2.45) is 0 Å². The van der Waals surface area contributed by atoms with Crippen LogP contribution in [0.25, 0.3) is 0 Å². The monoisotopic (exact) mass is 405 g/mol. The summed E-state index contributed by atoms with van der Waals surface area (Å²) in [7, 11) is 0.0481. The second-order valence-corrected chi connectivity index (χ2v) is 10.0. The third-order valence-electron chi connectivity index (χ3n) is 4.28. The Kier molecular flexibility index (Phi) is 5.39. The molecular weight excluding hydrogens is 382 g/mol. The molecule has 0 radical (unpaired) electrons. The number of nitrogens with zero attached hydrogens (tertiary/aromatic N) is 1. The maximum atomic E-state index is 12.8. The van der Waals surface area contributed by atoms with E-state index in [1.165, 1.54) is 6.07 Å². The topological polar surface area (TPSA) is 78.5 Å². The predicted octanol–water partition coefficient (Wildman–Crippen LogP) is 3.68. The Labute approximate surface area is 164 Å². The quantitative estimate of drug-likeness (QED) is 0.811. The van der Waals surface area contributed by atoms with Crippen LogP contribution in [-0.2, 0) is 14.8 Å². The molecule has 1 heterocycles. The number of thioether (sulfide) groups is 1. The van der Waals surface area contributed by atoms with Gasteiger partial charge < -0.3 is 10.2 Å². The molecule has 0 bridgehead atoms.